The van der Waals surface area contributed by atoms with Crippen molar-refractivity contribution in [2.45, 2.75) is 70.8 Å². The molecule has 1 rings (SSSR count). The van der Waals surface area contributed by atoms with Crippen LogP contribution in [-0.2, 0) is 9.59 Å². The molecule has 0 saturated heterocycles. The van der Waals surface area contributed by atoms with Gasteiger partial charge in [0.05, 0.1) is 5.60 Å². The van der Waals surface area contributed by atoms with Crippen molar-refractivity contribution >= 4 is 11.8 Å². The maximum Gasteiger partial charge on any atom is 0.303 e. The molecule has 0 aliphatic heterocycles. The smallest absolute Gasteiger partial charge is 0.303 e. The van der Waals surface area contributed by atoms with Gasteiger partial charge < -0.3 is 10.2 Å². The summed E-state index contributed by atoms with van der Waals surface area (Å²) in [5.41, 5.74) is -0.828. The number of carboxylic acids is 1. The van der Waals surface area contributed by atoms with E-state index >= 15 is 0 Å². The third-order valence-corrected chi connectivity index (χ3v) is 4.59. The van der Waals surface area contributed by atoms with Gasteiger partial charge in [0, 0.05) is 18.3 Å². The van der Waals surface area contributed by atoms with Crippen molar-refractivity contribution in [3.05, 3.63) is 36.5 Å². The highest BCUT2D eigenvalue weighted by molar-refractivity contribution is 5.95. The van der Waals surface area contributed by atoms with Gasteiger partial charge in [0.1, 0.15) is 0 Å². The maximum atomic E-state index is 12.0. The standard InChI is InChI=1S/C21H32O4/c1-3-4-9-15-21(2,25)16-14-17-12-13-19(22)18(17)10-7-5-6-8-11-20(23)24/h5,7,12-14,16-18,25H,3-4,6,8-11,15H2,1-2H3,(H,23,24). The molecule has 2 N–H and O–H groups in total. The van der Waals surface area contributed by atoms with E-state index in [4.69, 9.17) is 5.11 Å². The summed E-state index contributed by atoms with van der Waals surface area (Å²) < 4.78 is 0. The summed E-state index contributed by atoms with van der Waals surface area (Å²) in [5.74, 6) is -0.748. The minimum absolute atomic E-state index is 0.0221. The normalized spacial score (nSPS) is 22.9. The Hall–Kier alpha value is -1.68. The van der Waals surface area contributed by atoms with Crippen molar-refractivity contribution in [3.8, 4) is 0 Å². The number of rotatable bonds is 12. The molecule has 140 valence electrons. The average Bonchev–Trinajstić information content (AvgIpc) is 2.89. The average molecular weight is 348 g/mol. The first-order valence-electron chi connectivity index (χ1n) is 9.36. The molecule has 0 aromatic heterocycles. The molecule has 3 unspecified atom stereocenters. The van der Waals surface area contributed by atoms with E-state index in [1.807, 2.05) is 37.3 Å². The Labute approximate surface area is 151 Å². The predicted molar refractivity (Wildman–Crippen MR) is 100 cm³/mol. The number of aliphatic hydroxyl groups is 1. The number of carbonyl (C=O) groups excluding carboxylic acids is 1. The van der Waals surface area contributed by atoms with Crippen molar-refractivity contribution in [1.82, 2.24) is 0 Å². The first-order chi connectivity index (χ1) is 11.9. The molecular weight excluding hydrogens is 316 g/mol. The van der Waals surface area contributed by atoms with Crippen LogP contribution < -0.4 is 0 Å². The van der Waals surface area contributed by atoms with Crippen LogP contribution in [0.3, 0.4) is 0 Å². The fourth-order valence-corrected chi connectivity index (χ4v) is 2.99. The highest BCUT2D eigenvalue weighted by Crippen LogP contribution is 2.28. The van der Waals surface area contributed by atoms with Gasteiger partial charge in [-0.25, -0.2) is 0 Å². The molecule has 0 aromatic carbocycles. The van der Waals surface area contributed by atoms with Gasteiger partial charge in [-0.3, -0.25) is 9.59 Å². The highest BCUT2D eigenvalue weighted by Gasteiger charge is 2.28. The van der Waals surface area contributed by atoms with E-state index in [2.05, 4.69) is 6.92 Å². The number of carbonyl (C=O) groups is 2. The van der Waals surface area contributed by atoms with Crippen LogP contribution in [0.5, 0.6) is 0 Å². The van der Waals surface area contributed by atoms with Crippen LogP contribution in [0.4, 0.5) is 0 Å². The van der Waals surface area contributed by atoms with Gasteiger partial charge in [-0.05, 0) is 38.7 Å². The summed E-state index contributed by atoms with van der Waals surface area (Å²) in [6.45, 7) is 3.95. The number of allylic oxidation sites excluding steroid dienone is 5. The molecule has 0 saturated carbocycles. The van der Waals surface area contributed by atoms with Crippen molar-refractivity contribution in [1.29, 1.82) is 0 Å². The minimum atomic E-state index is -0.828. The summed E-state index contributed by atoms with van der Waals surface area (Å²) in [6, 6.07) is 0. The fourth-order valence-electron chi connectivity index (χ4n) is 2.99. The summed E-state index contributed by atoms with van der Waals surface area (Å²) >= 11 is 0. The molecule has 25 heavy (non-hydrogen) atoms. The quantitative estimate of drug-likeness (QED) is 0.404. The number of unbranched alkanes of at least 4 members (excludes halogenated alkanes) is 3. The minimum Gasteiger partial charge on any atom is -0.481 e. The van der Waals surface area contributed by atoms with E-state index in [-0.39, 0.29) is 24.0 Å². The molecule has 0 aromatic rings. The van der Waals surface area contributed by atoms with Crippen molar-refractivity contribution in [3.63, 3.8) is 0 Å². The second kappa shape index (κ2) is 11.0. The van der Waals surface area contributed by atoms with Gasteiger partial charge in [0.25, 0.3) is 0 Å². The van der Waals surface area contributed by atoms with Crippen molar-refractivity contribution in [2.75, 3.05) is 0 Å². The number of ketones is 1. The summed E-state index contributed by atoms with van der Waals surface area (Å²) in [7, 11) is 0. The van der Waals surface area contributed by atoms with E-state index in [1.165, 1.54) is 0 Å². The van der Waals surface area contributed by atoms with Gasteiger partial charge in [-0.15, -0.1) is 0 Å². The molecule has 3 atom stereocenters. The highest BCUT2D eigenvalue weighted by atomic mass is 16.4. The lowest BCUT2D eigenvalue weighted by Crippen LogP contribution is -2.21. The van der Waals surface area contributed by atoms with Gasteiger partial charge in [-0.1, -0.05) is 56.6 Å². The molecule has 0 heterocycles. The summed E-state index contributed by atoms with van der Waals surface area (Å²) in [5, 5.41) is 19.0. The van der Waals surface area contributed by atoms with Crippen LogP contribution in [0.2, 0.25) is 0 Å². The third kappa shape index (κ3) is 8.82. The van der Waals surface area contributed by atoms with E-state index in [0.717, 1.165) is 25.7 Å². The molecule has 4 nitrogen and oxygen atoms in total. The zero-order chi connectivity index (χ0) is 18.7. The van der Waals surface area contributed by atoms with E-state index in [9.17, 15) is 14.7 Å². The van der Waals surface area contributed by atoms with Crippen LogP contribution in [0.15, 0.2) is 36.5 Å². The van der Waals surface area contributed by atoms with Gasteiger partial charge in [0.2, 0.25) is 0 Å². The van der Waals surface area contributed by atoms with Crippen molar-refractivity contribution < 1.29 is 19.8 Å². The van der Waals surface area contributed by atoms with Crippen LogP contribution in [0.25, 0.3) is 0 Å². The van der Waals surface area contributed by atoms with Crippen LogP contribution in [-0.4, -0.2) is 27.6 Å². The zero-order valence-corrected chi connectivity index (χ0v) is 15.5. The number of hydrogen-bond donors (Lipinski definition) is 2. The Morgan fingerprint density at radius 1 is 1.28 bits per heavy atom. The van der Waals surface area contributed by atoms with Gasteiger partial charge in [-0.2, -0.15) is 0 Å². The molecule has 0 radical (unpaired) electrons. The second-order valence-electron chi connectivity index (χ2n) is 7.11. The van der Waals surface area contributed by atoms with E-state index < -0.39 is 11.6 Å². The SMILES string of the molecule is CCCCCC(C)(O)C=CC1C=CC(=O)C1CC=CCCCC(=O)O. The lowest BCUT2D eigenvalue weighted by atomic mass is 9.88. The number of carboxylic acid groups (broad SMARTS) is 1. The van der Waals surface area contributed by atoms with Gasteiger partial charge in [0.15, 0.2) is 5.78 Å². The maximum absolute atomic E-state index is 12.0. The largest absolute Gasteiger partial charge is 0.481 e. The number of hydrogen-bond acceptors (Lipinski definition) is 3. The van der Waals surface area contributed by atoms with Crippen LogP contribution in [0, 0.1) is 11.8 Å². The monoisotopic (exact) mass is 348 g/mol. The molecule has 1 aliphatic rings. The molecule has 1 aliphatic carbocycles. The van der Waals surface area contributed by atoms with E-state index in [0.29, 0.717) is 19.3 Å². The Kier molecular flexibility index (Phi) is 9.43. The zero-order valence-electron chi connectivity index (χ0n) is 15.5. The lowest BCUT2D eigenvalue weighted by molar-refractivity contribution is -0.137. The topological polar surface area (TPSA) is 74.6 Å². The molecule has 0 fully saturated rings. The summed E-state index contributed by atoms with van der Waals surface area (Å²) in [4.78, 5) is 22.5. The fraction of sp³-hybridized carbons (Fsp3) is 0.619. The first kappa shape index (κ1) is 21.4. The molecule has 0 bridgehead atoms. The molecule has 4 heteroatoms. The van der Waals surface area contributed by atoms with E-state index in [1.54, 1.807) is 6.08 Å². The summed E-state index contributed by atoms with van der Waals surface area (Å²) in [6.07, 6.45) is 17.4. The van der Waals surface area contributed by atoms with Crippen LogP contribution in [0.1, 0.15) is 65.2 Å². The lowest BCUT2D eigenvalue weighted by Gasteiger charge is -2.20. The Bertz CT molecular complexity index is 514. The predicted octanol–water partition coefficient (Wildman–Crippen LogP) is 4.45. The van der Waals surface area contributed by atoms with Crippen LogP contribution >= 0.6 is 0 Å². The third-order valence-electron chi connectivity index (χ3n) is 4.59. The first-order valence-corrected chi connectivity index (χ1v) is 9.36. The molecular formula is C21H32O4. The Morgan fingerprint density at radius 2 is 2.04 bits per heavy atom. The van der Waals surface area contributed by atoms with Crippen molar-refractivity contribution in [2.24, 2.45) is 11.8 Å². The Balaban J connectivity index is 2.48. The molecule has 0 spiro atoms. The Morgan fingerprint density at radius 3 is 2.72 bits per heavy atom. The second-order valence-corrected chi connectivity index (χ2v) is 7.11. The number of aliphatic carboxylic acids is 1. The molecule has 0 amide bonds. The van der Waals surface area contributed by atoms with Gasteiger partial charge >= 0.3 is 5.97 Å².